The molecule has 0 bridgehead atoms. The molecule has 0 saturated heterocycles. The third-order valence-electron chi connectivity index (χ3n) is 5.16. The molecule has 0 fully saturated rings. The monoisotopic (exact) mass is 432 g/mol. The minimum atomic E-state index is -0.378. The van der Waals surface area contributed by atoms with Crippen LogP contribution in [0.2, 0.25) is 0 Å². The van der Waals surface area contributed by atoms with Crippen LogP contribution in [0.15, 0.2) is 82.6 Å². The fourth-order valence-corrected chi connectivity index (χ4v) is 4.46. The summed E-state index contributed by atoms with van der Waals surface area (Å²) in [5, 5.41) is 2.99. The Balaban J connectivity index is 1.57. The summed E-state index contributed by atoms with van der Waals surface area (Å²) in [6.07, 6.45) is 1.56. The maximum Gasteiger partial charge on any atom is 0.264 e. The van der Waals surface area contributed by atoms with Gasteiger partial charge in [0.1, 0.15) is 5.82 Å². The van der Waals surface area contributed by atoms with Crippen LogP contribution >= 0.6 is 11.8 Å². The van der Waals surface area contributed by atoms with Crippen molar-refractivity contribution in [1.29, 1.82) is 0 Å². The first-order valence-corrected chi connectivity index (χ1v) is 10.7. The van der Waals surface area contributed by atoms with Crippen molar-refractivity contribution in [2.24, 2.45) is 0 Å². The largest absolute Gasteiger partial charge is 0.346 e. The molecular formula is C25H21FN2O2S. The number of likely N-dealkylation sites (N-methyl/N-ethyl adjacent to an activating group) is 1. The van der Waals surface area contributed by atoms with Crippen molar-refractivity contribution in [3.63, 3.8) is 0 Å². The molecule has 1 unspecified atom stereocenters. The average Bonchev–Trinajstić information content (AvgIpc) is 2.79. The average molecular weight is 433 g/mol. The minimum Gasteiger partial charge on any atom is -0.346 e. The van der Waals surface area contributed by atoms with E-state index in [1.807, 2.05) is 43.3 Å². The van der Waals surface area contributed by atoms with Crippen LogP contribution in [-0.2, 0) is 4.79 Å². The number of anilines is 1. The number of hydrogen-bond donors (Lipinski definition) is 1. The quantitative estimate of drug-likeness (QED) is 0.560. The SMILES string of the molecule is CC(NC(=O)c1ccc2c(c1)N(C)C(=O)/C(=C/c1ccccc1F)S2)c1ccccc1. The third kappa shape index (κ3) is 4.39. The molecular weight excluding hydrogens is 411 g/mol. The van der Waals surface area contributed by atoms with Gasteiger partial charge in [-0.2, -0.15) is 0 Å². The molecule has 0 spiro atoms. The molecule has 6 heteroatoms. The summed E-state index contributed by atoms with van der Waals surface area (Å²) in [5.41, 5.74) is 2.50. The van der Waals surface area contributed by atoms with Crippen molar-refractivity contribution in [1.82, 2.24) is 5.32 Å². The zero-order valence-corrected chi connectivity index (χ0v) is 17.9. The van der Waals surface area contributed by atoms with Gasteiger partial charge in [-0.1, -0.05) is 60.3 Å². The van der Waals surface area contributed by atoms with E-state index in [0.29, 0.717) is 21.7 Å². The number of fused-ring (bicyclic) bond motifs is 1. The first kappa shape index (κ1) is 20.9. The molecule has 1 heterocycles. The van der Waals surface area contributed by atoms with Gasteiger partial charge in [-0.25, -0.2) is 4.39 Å². The lowest BCUT2D eigenvalue weighted by Gasteiger charge is -2.27. The van der Waals surface area contributed by atoms with Crippen molar-refractivity contribution in [3.05, 3.63) is 100 Å². The van der Waals surface area contributed by atoms with Crippen LogP contribution in [0, 0.1) is 5.82 Å². The van der Waals surface area contributed by atoms with Gasteiger partial charge in [-0.05, 0) is 42.8 Å². The van der Waals surface area contributed by atoms with Gasteiger partial charge < -0.3 is 10.2 Å². The van der Waals surface area contributed by atoms with Gasteiger partial charge >= 0.3 is 0 Å². The van der Waals surface area contributed by atoms with Crippen LogP contribution in [0.1, 0.15) is 34.5 Å². The van der Waals surface area contributed by atoms with E-state index in [-0.39, 0.29) is 23.7 Å². The summed E-state index contributed by atoms with van der Waals surface area (Å²) in [5.74, 6) is -0.829. The standard InChI is InChI=1S/C25H21FN2O2S/c1-16(17-8-4-3-5-9-17)27-24(29)19-12-13-22-21(14-19)28(2)25(30)23(31-22)15-18-10-6-7-11-20(18)26/h3-16H,1-2H3,(H,27,29)/b23-15-. The molecule has 1 atom stereocenters. The summed E-state index contributed by atoms with van der Waals surface area (Å²) < 4.78 is 14.0. The van der Waals surface area contributed by atoms with E-state index >= 15 is 0 Å². The Kier molecular flexibility index (Phi) is 5.91. The molecule has 0 aromatic heterocycles. The number of rotatable bonds is 4. The van der Waals surface area contributed by atoms with E-state index in [9.17, 15) is 14.0 Å². The Labute approximate surface area is 184 Å². The van der Waals surface area contributed by atoms with E-state index in [0.717, 1.165) is 10.5 Å². The van der Waals surface area contributed by atoms with Gasteiger partial charge in [0, 0.05) is 23.1 Å². The number of carbonyl (C=O) groups is 2. The highest BCUT2D eigenvalue weighted by Gasteiger charge is 2.27. The summed E-state index contributed by atoms with van der Waals surface area (Å²) in [4.78, 5) is 28.4. The van der Waals surface area contributed by atoms with Crippen molar-refractivity contribution < 1.29 is 14.0 Å². The number of thioether (sulfide) groups is 1. The lowest BCUT2D eigenvalue weighted by Crippen LogP contribution is -2.31. The lowest BCUT2D eigenvalue weighted by atomic mass is 10.1. The van der Waals surface area contributed by atoms with Crippen LogP contribution in [0.4, 0.5) is 10.1 Å². The molecule has 2 amide bonds. The zero-order valence-electron chi connectivity index (χ0n) is 17.1. The van der Waals surface area contributed by atoms with Gasteiger partial charge in [-0.15, -0.1) is 0 Å². The predicted octanol–water partition coefficient (Wildman–Crippen LogP) is 5.43. The van der Waals surface area contributed by atoms with Gasteiger partial charge in [0.2, 0.25) is 0 Å². The molecule has 0 aliphatic carbocycles. The highest BCUT2D eigenvalue weighted by molar-refractivity contribution is 8.04. The Bertz CT molecular complexity index is 1180. The molecule has 0 radical (unpaired) electrons. The fraction of sp³-hybridized carbons (Fsp3) is 0.120. The Morgan fingerprint density at radius 2 is 1.77 bits per heavy atom. The van der Waals surface area contributed by atoms with Crippen LogP contribution in [0.5, 0.6) is 0 Å². The van der Waals surface area contributed by atoms with Crippen LogP contribution in [0.25, 0.3) is 6.08 Å². The molecule has 0 saturated carbocycles. The maximum atomic E-state index is 14.0. The molecule has 1 N–H and O–H groups in total. The van der Waals surface area contributed by atoms with Crippen molar-refractivity contribution in [2.45, 2.75) is 17.9 Å². The Morgan fingerprint density at radius 1 is 1.06 bits per heavy atom. The number of benzene rings is 3. The maximum absolute atomic E-state index is 14.0. The predicted molar refractivity (Wildman–Crippen MR) is 122 cm³/mol. The molecule has 4 rings (SSSR count). The molecule has 1 aliphatic rings. The number of nitrogens with zero attached hydrogens (tertiary/aromatic N) is 1. The van der Waals surface area contributed by atoms with Crippen LogP contribution in [0.3, 0.4) is 0 Å². The van der Waals surface area contributed by atoms with Crippen molar-refractivity contribution in [3.8, 4) is 0 Å². The van der Waals surface area contributed by atoms with Gasteiger partial charge in [0.15, 0.2) is 0 Å². The second-order valence-corrected chi connectivity index (χ2v) is 8.37. The zero-order chi connectivity index (χ0) is 22.0. The first-order valence-electron chi connectivity index (χ1n) is 9.86. The van der Waals surface area contributed by atoms with Gasteiger partial charge in [0.05, 0.1) is 16.6 Å². The summed E-state index contributed by atoms with van der Waals surface area (Å²) >= 11 is 1.28. The Hall–Kier alpha value is -3.38. The van der Waals surface area contributed by atoms with E-state index in [1.54, 1.807) is 43.5 Å². The molecule has 4 nitrogen and oxygen atoms in total. The highest BCUT2D eigenvalue weighted by atomic mass is 32.2. The van der Waals surface area contributed by atoms with E-state index in [2.05, 4.69) is 5.32 Å². The number of carbonyl (C=O) groups excluding carboxylic acids is 2. The van der Waals surface area contributed by atoms with Crippen molar-refractivity contribution >= 4 is 35.3 Å². The molecule has 3 aromatic rings. The first-order chi connectivity index (χ1) is 14.9. The summed E-state index contributed by atoms with van der Waals surface area (Å²) in [6, 6.07) is 21.2. The molecule has 156 valence electrons. The lowest BCUT2D eigenvalue weighted by molar-refractivity contribution is -0.114. The normalized spacial score (nSPS) is 15.5. The van der Waals surface area contributed by atoms with E-state index in [4.69, 9.17) is 0 Å². The van der Waals surface area contributed by atoms with Gasteiger partial charge in [0.25, 0.3) is 11.8 Å². The Morgan fingerprint density at radius 3 is 2.52 bits per heavy atom. The minimum absolute atomic E-state index is 0.145. The highest BCUT2D eigenvalue weighted by Crippen LogP contribution is 2.42. The number of nitrogens with one attached hydrogen (secondary N) is 1. The van der Waals surface area contributed by atoms with Crippen LogP contribution < -0.4 is 10.2 Å². The second-order valence-electron chi connectivity index (χ2n) is 7.28. The van der Waals surface area contributed by atoms with Crippen LogP contribution in [-0.4, -0.2) is 18.9 Å². The van der Waals surface area contributed by atoms with Gasteiger partial charge in [-0.3, -0.25) is 9.59 Å². The number of hydrogen-bond acceptors (Lipinski definition) is 3. The third-order valence-corrected chi connectivity index (χ3v) is 6.23. The number of amides is 2. The molecule has 31 heavy (non-hydrogen) atoms. The topological polar surface area (TPSA) is 49.4 Å². The molecule has 3 aromatic carbocycles. The summed E-state index contributed by atoms with van der Waals surface area (Å²) in [6.45, 7) is 1.93. The smallest absolute Gasteiger partial charge is 0.264 e. The molecule has 1 aliphatic heterocycles. The summed E-state index contributed by atoms with van der Waals surface area (Å²) in [7, 11) is 1.66. The van der Waals surface area contributed by atoms with Crippen molar-refractivity contribution in [2.75, 3.05) is 11.9 Å². The number of halogens is 1. The van der Waals surface area contributed by atoms with E-state index < -0.39 is 0 Å². The fourth-order valence-electron chi connectivity index (χ4n) is 3.37. The second kappa shape index (κ2) is 8.78. The van der Waals surface area contributed by atoms with E-state index in [1.165, 1.54) is 22.7 Å².